The van der Waals surface area contributed by atoms with Crippen LogP contribution in [0.5, 0.6) is 11.5 Å². The van der Waals surface area contributed by atoms with Gasteiger partial charge in [-0.25, -0.2) is 4.79 Å². The highest BCUT2D eigenvalue weighted by Crippen LogP contribution is 2.46. The van der Waals surface area contributed by atoms with Crippen molar-refractivity contribution >= 4 is 11.7 Å². The third-order valence-corrected chi connectivity index (χ3v) is 8.60. The van der Waals surface area contributed by atoms with E-state index in [0.717, 1.165) is 4.57 Å². The van der Waals surface area contributed by atoms with Crippen molar-refractivity contribution in [2.24, 2.45) is 0 Å². The van der Waals surface area contributed by atoms with E-state index in [-0.39, 0.29) is 5.82 Å². The van der Waals surface area contributed by atoms with Crippen molar-refractivity contribution in [3.05, 3.63) is 118 Å². The number of nitrogen functional groups attached to an aromatic ring is 1. The fraction of sp³-hybridized carbons (Fsp3) is 0.303. The fourth-order valence-corrected chi connectivity index (χ4v) is 5.89. The highest BCUT2D eigenvalue weighted by Gasteiger charge is 2.70. The molecule has 0 spiro atoms. The molecule has 2 heterocycles. The maximum absolute atomic E-state index is 14.7. The lowest BCUT2D eigenvalue weighted by Gasteiger charge is -2.43. The number of hydrogen-bond acceptors (Lipinski definition) is 11. The number of hydrogen-bond donors (Lipinski definition) is 6. The van der Waals surface area contributed by atoms with Crippen LogP contribution in [0.1, 0.15) is 28.5 Å². The van der Waals surface area contributed by atoms with E-state index < -0.39 is 53.9 Å². The van der Waals surface area contributed by atoms with E-state index in [0.29, 0.717) is 33.8 Å². The molecule has 1 aromatic heterocycles. The van der Waals surface area contributed by atoms with Gasteiger partial charge in [-0.1, -0.05) is 54.6 Å². The molecule has 13 nitrogen and oxygen atoms in total. The molecular weight excluding hydrogens is 596 g/mol. The van der Waals surface area contributed by atoms with Gasteiger partial charge in [0.05, 0.1) is 27.4 Å². The molecule has 4 aromatic rings. The van der Waals surface area contributed by atoms with Gasteiger partial charge in [-0.15, -0.1) is 0 Å². The van der Waals surface area contributed by atoms with Crippen LogP contribution >= 0.6 is 0 Å². The minimum Gasteiger partial charge on any atom is -0.497 e. The van der Waals surface area contributed by atoms with Crippen LogP contribution in [-0.4, -0.2) is 80.6 Å². The number of carbonyl (C=O) groups excluding carboxylic acids is 1. The van der Waals surface area contributed by atoms with Crippen LogP contribution in [0.25, 0.3) is 0 Å². The Labute approximate surface area is 264 Å². The Morgan fingerprint density at radius 2 is 1.46 bits per heavy atom. The second-order valence-electron chi connectivity index (χ2n) is 11.1. The average molecular weight is 633 g/mol. The average Bonchev–Trinajstić information content (AvgIpc) is 3.32. The van der Waals surface area contributed by atoms with Gasteiger partial charge in [-0.2, -0.15) is 4.98 Å². The number of aliphatic hydroxyl groups is 4. The number of amides is 1. The number of rotatable bonds is 10. The number of anilines is 1. The molecule has 1 aliphatic heterocycles. The molecule has 0 aliphatic carbocycles. The van der Waals surface area contributed by atoms with Gasteiger partial charge in [0.1, 0.15) is 29.0 Å². The second-order valence-corrected chi connectivity index (χ2v) is 11.1. The zero-order valence-electron chi connectivity index (χ0n) is 25.5. The number of methoxy groups -OCH3 is 2. The molecule has 1 aliphatic rings. The van der Waals surface area contributed by atoms with Crippen LogP contribution in [0.15, 0.2) is 89.9 Å². The SMILES string of the molecule is COc1ccc(C(NC(=O)[C@]2(O)[C@@H](O)[C@H](n3cc(C)c(N)nc3=O)OC2(CO)CO)(c2ccccc2)c2ccc(OC)cc2)cc1. The van der Waals surface area contributed by atoms with Gasteiger partial charge in [-0.3, -0.25) is 9.36 Å². The molecule has 3 aromatic carbocycles. The summed E-state index contributed by atoms with van der Waals surface area (Å²) in [6, 6.07) is 22.7. The summed E-state index contributed by atoms with van der Waals surface area (Å²) < 4.78 is 17.4. The summed E-state index contributed by atoms with van der Waals surface area (Å²) in [5.74, 6) is -0.186. The highest BCUT2D eigenvalue weighted by molar-refractivity contribution is 5.90. The number of nitrogens with one attached hydrogen (secondary N) is 1. The van der Waals surface area contributed by atoms with Gasteiger partial charge < -0.3 is 45.7 Å². The third kappa shape index (κ3) is 5.07. The molecule has 1 fully saturated rings. The summed E-state index contributed by atoms with van der Waals surface area (Å²) in [5, 5.41) is 47.9. The minimum atomic E-state index is -3.02. The number of aliphatic hydroxyl groups excluding tert-OH is 3. The number of nitrogens with zero attached hydrogens (tertiary/aromatic N) is 2. The molecule has 1 amide bonds. The minimum absolute atomic E-state index is 0.0658. The summed E-state index contributed by atoms with van der Waals surface area (Å²) in [4.78, 5) is 31.2. The first-order chi connectivity index (χ1) is 22.0. The van der Waals surface area contributed by atoms with Crippen LogP contribution < -0.4 is 26.2 Å². The zero-order valence-corrected chi connectivity index (χ0v) is 25.5. The number of carbonyl (C=O) groups is 1. The van der Waals surface area contributed by atoms with E-state index in [9.17, 15) is 30.0 Å². The van der Waals surface area contributed by atoms with Crippen LogP contribution in [0.2, 0.25) is 0 Å². The summed E-state index contributed by atoms with van der Waals surface area (Å²) in [5.41, 5.74) is -0.266. The Bertz CT molecular complexity index is 1690. The van der Waals surface area contributed by atoms with Gasteiger partial charge in [-0.05, 0) is 47.9 Å². The zero-order chi connectivity index (χ0) is 33.3. The number of benzene rings is 3. The first kappa shape index (κ1) is 32.6. The number of aromatic nitrogens is 2. The van der Waals surface area contributed by atoms with Gasteiger partial charge in [0, 0.05) is 11.8 Å². The van der Waals surface area contributed by atoms with Crippen molar-refractivity contribution in [3.8, 4) is 11.5 Å². The van der Waals surface area contributed by atoms with Crippen molar-refractivity contribution < 1.29 is 39.4 Å². The van der Waals surface area contributed by atoms with Gasteiger partial charge >= 0.3 is 5.69 Å². The molecule has 1 saturated heterocycles. The molecule has 5 rings (SSSR count). The van der Waals surface area contributed by atoms with E-state index in [2.05, 4.69) is 10.3 Å². The molecule has 0 bridgehead atoms. The molecular formula is C33H36N4O9. The smallest absolute Gasteiger partial charge is 0.351 e. The van der Waals surface area contributed by atoms with Crippen LogP contribution in [0.3, 0.4) is 0 Å². The lowest BCUT2D eigenvalue weighted by molar-refractivity contribution is -0.195. The Balaban J connectivity index is 1.72. The van der Waals surface area contributed by atoms with E-state index in [1.165, 1.54) is 20.4 Å². The molecule has 0 unspecified atom stereocenters. The molecule has 3 atom stereocenters. The molecule has 7 N–H and O–H groups in total. The Morgan fingerprint density at radius 3 is 1.93 bits per heavy atom. The van der Waals surface area contributed by atoms with Crippen LogP contribution in [0, 0.1) is 6.92 Å². The largest absolute Gasteiger partial charge is 0.497 e. The predicted octanol–water partition coefficient (Wildman–Crippen LogP) is 0.604. The third-order valence-electron chi connectivity index (χ3n) is 8.60. The summed E-state index contributed by atoms with van der Waals surface area (Å²) >= 11 is 0. The summed E-state index contributed by atoms with van der Waals surface area (Å²) in [7, 11) is 3.04. The number of aryl methyl sites for hydroxylation is 1. The lowest BCUT2D eigenvalue weighted by atomic mass is 9.74. The predicted molar refractivity (Wildman–Crippen MR) is 166 cm³/mol. The second kappa shape index (κ2) is 12.5. The monoisotopic (exact) mass is 632 g/mol. The summed E-state index contributed by atoms with van der Waals surface area (Å²) in [6.07, 6.45) is -2.69. The highest BCUT2D eigenvalue weighted by atomic mass is 16.6. The fourth-order valence-electron chi connectivity index (χ4n) is 5.89. The van der Waals surface area contributed by atoms with E-state index in [1.54, 1.807) is 85.8 Å². The molecule has 0 saturated carbocycles. The van der Waals surface area contributed by atoms with Gasteiger partial charge in [0.15, 0.2) is 11.8 Å². The first-order valence-electron chi connectivity index (χ1n) is 14.3. The topological polar surface area (TPSA) is 199 Å². The molecule has 242 valence electrons. The van der Waals surface area contributed by atoms with E-state index in [1.807, 2.05) is 0 Å². The normalized spacial score (nSPS) is 20.7. The lowest BCUT2D eigenvalue weighted by Crippen LogP contribution is -2.70. The van der Waals surface area contributed by atoms with Crippen molar-refractivity contribution in [2.45, 2.75) is 36.0 Å². The molecule has 0 radical (unpaired) electrons. The maximum Gasteiger partial charge on any atom is 0.351 e. The number of ether oxygens (including phenoxy) is 3. The maximum atomic E-state index is 14.7. The Kier molecular flexibility index (Phi) is 8.89. The van der Waals surface area contributed by atoms with Crippen molar-refractivity contribution in [1.82, 2.24) is 14.9 Å². The van der Waals surface area contributed by atoms with Crippen molar-refractivity contribution in [1.29, 1.82) is 0 Å². The van der Waals surface area contributed by atoms with Crippen molar-refractivity contribution in [3.63, 3.8) is 0 Å². The first-order valence-corrected chi connectivity index (χ1v) is 14.3. The molecule has 13 heteroatoms. The number of nitrogens with two attached hydrogens (primary N) is 1. The van der Waals surface area contributed by atoms with Crippen LogP contribution in [-0.2, 0) is 15.1 Å². The van der Waals surface area contributed by atoms with Crippen LogP contribution in [0.4, 0.5) is 5.82 Å². The standard InChI is InChI=1S/C33H36N4O9/c1-20-17-37(30(42)35-27(20)34)28-26(40)33(43,31(18-38,19-39)46-28)29(41)36-32(21-7-5-4-6-8-21,22-9-13-24(44-2)14-10-22)23-11-15-25(45-3)16-12-23/h4-17,26,28,38-40,43H,18-19H2,1-3H3,(H,36,41)(H2,34,35,42)/t26-,28+,33+/m0/s1. The van der Waals surface area contributed by atoms with E-state index in [4.69, 9.17) is 19.9 Å². The van der Waals surface area contributed by atoms with Crippen molar-refractivity contribution in [2.75, 3.05) is 33.2 Å². The van der Waals surface area contributed by atoms with Gasteiger partial charge in [0.25, 0.3) is 5.91 Å². The van der Waals surface area contributed by atoms with Gasteiger partial charge in [0.2, 0.25) is 5.60 Å². The Hall–Kier alpha value is -4.79. The summed E-state index contributed by atoms with van der Waals surface area (Å²) in [6.45, 7) is -0.664. The van der Waals surface area contributed by atoms with E-state index >= 15 is 0 Å². The Morgan fingerprint density at radius 1 is 0.957 bits per heavy atom. The molecule has 46 heavy (non-hydrogen) atoms. The quantitative estimate of drug-likeness (QED) is 0.134.